The fraction of sp³-hybridized carbons (Fsp3) is 0.250. The van der Waals surface area contributed by atoms with Crippen LogP contribution < -0.4 is 10.4 Å². The van der Waals surface area contributed by atoms with Gasteiger partial charge in [-0.05, 0) is 60.8 Å². The van der Waals surface area contributed by atoms with Gasteiger partial charge in [-0.2, -0.15) is 41.6 Å². The van der Waals surface area contributed by atoms with E-state index in [0.29, 0.717) is 0 Å². The van der Waals surface area contributed by atoms with Crippen LogP contribution in [0, 0.1) is 6.07 Å². The Hall–Kier alpha value is -3.78. The van der Waals surface area contributed by atoms with Crippen molar-refractivity contribution in [1.82, 2.24) is 0 Å². The van der Waals surface area contributed by atoms with Crippen molar-refractivity contribution in [2.45, 2.75) is 92.9 Å². The molecule has 60 heavy (non-hydrogen) atoms. The van der Waals surface area contributed by atoms with Crippen LogP contribution in [-0.2, 0) is 59.4 Å². The minimum absolute atomic E-state index is 0.795. The first-order chi connectivity index (χ1) is 29.4. The Bertz CT molecular complexity index is 2430. The maximum absolute atomic E-state index is 4.93. The van der Waals surface area contributed by atoms with Gasteiger partial charge in [-0.1, -0.05) is 160 Å². The van der Waals surface area contributed by atoms with E-state index < -0.39 is 20.8 Å². The largest absolute Gasteiger partial charge is 0.184 e. The van der Waals surface area contributed by atoms with Crippen LogP contribution in [0.3, 0.4) is 0 Å². The molecule has 0 saturated carbocycles. The van der Waals surface area contributed by atoms with Crippen molar-refractivity contribution in [2.75, 3.05) is 0 Å². The van der Waals surface area contributed by atoms with Gasteiger partial charge in [0.1, 0.15) is 0 Å². The molecule has 0 aliphatic carbocycles. The Morgan fingerprint density at radius 1 is 0.500 bits per heavy atom. The fourth-order valence-electron chi connectivity index (χ4n) is 8.74. The summed E-state index contributed by atoms with van der Waals surface area (Å²) in [6, 6.07) is 54.7. The molecule has 0 saturated heterocycles. The van der Waals surface area contributed by atoms with Crippen LogP contribution in [0.4, 0.5) is 0 Å². The molecule has 1 heterocycles. The first kappa shape index (κ1) is 45.7. The Balaban J connectivity index is 0.000000150. The topological polar surface area (TPSA) is 0 Å². The zero-order valence-corrected chi connectivity index (χ0v) is 41.2. The summed E-state index contributed by atoms with van der Waals surface area (Å²) >= 11 is -0.826. The van der Waals surface area contributed by atoms with Gasteiger partial charge in [0.05, 0.1) is 9.52 Å². The smallest absolute Gasteiger partial charge is 0.0920 e. The van der Waals surface area contributed by atoms with E-state index in [1.54, 1.807) is 0 Å². The van der Waals surface area contributed by atoms with E-state index in [1.165, 1.54) is 124 Å². The van der Waals surface area contributed by atoms with Gasteiger partial charge in [-0.25, -0.2) is 0 Å². The summed E-state index contributed by atoms with van der Waals surface area (Å²) in [4.78, 5) is 0. The number of benzene rings is 6. The minimum Gasteiger partial charge on any atom is -0.184 e. The van der Waals surface area contributed by atoms with Crippen molar-refractivity contribution in [3.63, 3.8) is 0 Å². The van der Waals surface area contributed by atoms with Gasteiger partial charge in [0, 0.05) is 0 Å². The monoisotopic (exact) mass is 917 g/mol. The number of hydrogen-bond donors (Lipinski definition) is 0. The Labute approximate surface area is 381 Å². The standard InChI is InChI=1S/2C22H25.C12H7Si.2ClH.Zr/c2*1-4-9-16-14-19-13-12-18(6-3)22(21(19)15-16)20-11-8-7-10-17(20)5-2;1-3-7-11-9(5-1)10-6-2-4-8-12(10)13-11;;;/h2*7-8,10-15H,4-6,9H2,1-3H3;1-7H;2*1H;/q3*-1;;;+2/p-2. The Morgan fingerprint density at radius 3 is 1.40 bits per heavy atom. The molecular formula is C56H57Cl2SiZr-3. The summed E-state index contributed by atoms with van der Waals surface area (Å²) in [5.41, 5.74) is 17.3. The molecule has 9 rings (SSSR count). The molecule has 0 spiro atoms. The second kappa shape index (κ2) is 22.9. The van der Waals surface area contributed by atoms with E-state index >= 15 is 0 Å². The summed E-state index contributed by atoms with van der Waals surface area (Å²) < 4.78 is 0. The van der Waals surface area contributed by atoms with Crippen molar-refractivity contribution < 1.29 is 20.8 Å². The Morgan fingerprint density at radius 2 is 0.933 bits per heavy atom. The van der Waals surface area contributed by atoms with Crippen LogP contribution in [0.15, 0.2) is 140 Å². The van der Waals surface area contributed by atoms with Gasteiger partial charge in [0.25, 0.3) is 0 Å². The summed E-state index contributed by atoms with van der Waals surface area (Å²) in [6.07, 6.45) is 9.08. The average Bonchev–Trinajstić information content (AvgIpc) is 4.01. The molecule has 0 unspecified atom stereocenters. The summed E-state index contributed by atoms with van der Waals surface area (Å²) in [5, 5.41) is 8.47. The number of halogens is 2. The van der Waals surface area contributed by atoms with Crippen molar-refractivity contribution in [1.29, 1.82) is 0 Å². The second-order valence-corrected chi connectivity index (χ2v) is 20.4. The van der Waals surface area contributed by atoms with Crippen LogP contribution in [-0.4, -0.2) is 9.52 Å². The molecule has 1 aliphatic heterocycles. The quantitative estimate of drug-likeness (QED) is 0.0947. The summed E-state index contributed by atoms with van der Waals surface area (Å²) in [6.45, 7) is 13.5. The fourth-order valence-corrected chi connectivity index (χ4v) is 10.1. The first-order valence-electron chi connectivity index (χ1n) is 21.8. The molecule has 1 aliphatic rings. The molecule has 8 aromatic carbocycles. The van der Waals surface area contributed by atoms with Crippen LogP contribution in [0.2, 0.25) is 0 Å². The van der Waals surface area contributed by atoms with Crippen LogP contribution in [0.5, 0.6) is 0 Å². The second-order valence-electron chi connectivity index (χ2n) is 15.4. The molecule has 8 aromatic rings. The third-order valence-corrected chi connectivity index (χ3v) is 12.9. The van der Waals surface area contributed by atoms with Gasteiger partial charge in [-0.3, -0.25) is 0 Å². The maximum atomic E-state index is 4.93. The molecule has 0 fully saturated rings. The Kier molecular flexibility index (Phi) is 17.4. The third kappa shape index (κ3) is 10.6. The van der Waals surface area contributed by atoms with Gasteiger partial charge >= 0.3 is 37.9 Å². The third-order valence-electron chi connectivity index (χ3n) is 11.6. The predicted molar refractivity (Wildman–Crippen MR) is 263 cm³/mol. The summed E-state index contributed by atoms with van der Waals surface area (Å²) in [7, 11) is 10.7. The molecule has 0 N–H and O–H groups in total. The van der Waals surface area contributed by atoms with E-state index in [9.17, 15) is 0 Å². The average molecular weight is 920 g/mol. The van der Waals surface area contributed by atoms with Crippen LogP contribution >= 0.6 is 17.0 Å². The molecule has 0 nitrogen and oxygen atoms in total. The van der Waals surface area contributed by atoms with Crippen LogP contribution in [0.25, 0.3) is 54.9 Å². The summed E-state index contributed by atoms with van der Waals surface area (Å²) in [5.74, 6) is 0. The molecule has 0 amide bonds. The maximum Gasteiger partial charge on any atom is 0.0920 e. The molecule has 2 radical (unpaired) electrons. The number of hydrogen-bond acceptors (Lipinski definition) is 0. The van der Waals surface area contributed by atoms with Gasteiger partial charge in [-0.15, -0.1) is 74.6 Å². The molecule has 4 heteroatoms. The molecule has 306 valence electrons. The predicted octanol–water partition coefficient (Wildman–Crippen LogP) is 15.1. The van der Waals surface area contributed by atoms with Crippen molar-refractivity contribution in [3.8, 4) is 33.4 Å². The first-order valence-corrected chi connectivity index (χ1v) is 29.2. The van der Waals surface area contributed by atoms with E-state index in [1.807, 2.05) is 6.07 Å². The number of fused-ring (bicyclic) bond motifs is 5. The van der Waals surface area contributed by atoms with Crippen molar-refractivity contribution in [3.05, 3.63) is 179 Å². The SMILES string of the molecule is CCCc1cc2c(-c3ccccc3CC)c(CC)ccc2[cH-]1.CCCc1cc2c(-c3ccccc3CC)c(CC)ccc2[cH-]1.[Cl][Zr][Cl].[c-]1cccc2c1[Si]c1ccccc1-2. The zero-order chi connectivity index (χ0) is 42.4. The van der Waals surface area contributed by atoms with Gasteiger partial charge in [0.15, 0.2) is 0 Å². The minimum atomic E-state index is -0.826. The number of aryl methyl sites for hydroxylation is 6. The van der Waals surface area contributed by atoms with Crippen molar-refractivity contribution >= 4 is 58.5 Å². The zero-order valence-electron chi connectivity index (χ0n) is 36.2. The van der Waals surface area contributed by atoms with E-state index in [0.717, 1.165) is 35.2 Å². The molecule has 0 atom stereocenters. The molecule has 0 aromatic heterocycles. The molecular weight excluding hydrogens is 863 g/mol. The van der Waals surface area contributed by atoms with Gasteiger partial charge < -0.3 is 0 Å². The van der Waals surface area contributed by atoms with E-state index in [2.05, 4.69) is 181 Å². The van der Waals surface area contributed by atoms with E-state index in [-0.39, 0.29) is 0 Å². The number of rotatable bonds is 10. The normalized spacial score (nSPS) is 11.1. The van der Waals surface area contributed by atoms with Crippen molar-refractivity contribution in [2.24, 2.45) is 0 Å². The molecule has 0 bridgehead atoms. The van der Waals surface area contributed by atoms with E-state index in [4.69, 9.17) is 17.0 Å². The van der Waals surface area contributed by atoms with Crippen LogP contribution in [0.1, 0.15) is 87.8 Å². The van der Waals surface area contributed by atoms with Gasteiger partial charge in [0.2, 0.25) is 0 Å².